The van der Waals surface area contributed by atoms with E-state index < -0.39 is 0 Å². The van der Waals surface area contributed by atoms with E-state index in [1.165, 1.54) is 17.4 Å². The Labute approximate surface area is 64.7 Å². The van der Waals surface area contributed by atoms with Crippen LogP contribution in [0.3, 0.4) is 0 Å². The minimum atomic E-state index is -0.0429. The molecule has 0 aromatic carbocycles. The summed E-state index contributed by atoms with van der Waals surface area (Å²) >= 11 is 1.50. The first-order valence-corrected chi connectivity index (χ1v) is 4.30. The van der Waals surface area contributed by atoms with Crippen LogP contribution >= 0.6 is 11.3 Å². The Morgan fingerprint density at radius 3 is 2.70 bits per heavy atom. The summed E-state index contributed by atoms with van der Waals surface area (Å²) in [6, 6.07) is 1.53. The van der Waals surface area contributed by atoms with Gasteiger partial charge in [0.1, 0.15) is 5.82 Å². The highest BCUT2D eigenvalue weighted by molar-refractivity contribution is 7.09. The summed E-state index contributed by atoms with van der Waals surface area (Å²) in [6.07, 6.45) is 0.865. The predicted octanol–water partition coefficient (Wildman–Crippen LogP) is 3.09. The van der Waals surface area contributed by atoms with E-state index in [0.29, 0.717) is 5.92 Å². The predicted molar refractivity (Wildman–Crippen MR) is 42.8 cm³/mol. The normalized spacial score (nSPS) is 10.8. The molecule has 0 radical (unpaired) electrons. The van der Waals surface area contributed by atoms with Gasteiger partial charge >= 0.3 is 0 Å². The van der Waals surface area contributed by atoms with Crippen LogP contribution in [0.2, 0.25) is 0 Å². The van der Waals surface area contributed by atoms with Gasteiger partial charge < -0.3 is 0 Å². The van der Waals surface area contributed by atoms with Gasteiger partial charge in [0.2, 0.25) is 0 Å². The largest absolute Gasteiger partial charge is 0.206 e. The average molecular weight is 158 g/mol. The monoisotopic (exact) mass is 158 g/mol. The van der Waals surface area contributed by atoms with Crippen molar-refractivity contribution < 1.29 is 4.39 Å². The fourth-order valence-corrected chi connectivity index (χ4v) is 1.80. The van der Waals surface area contributed by atoms with Crippen LogP contribution in [-0.4, -0.2) is 0 Å². The second-order valence-electron chi connectivity index (χ2n) is 2.79. The van der Waals surface area contributed by atoms with Crippen molar-refractivity contribution >= 4 is 11.3 Å². The van der Waals surface area contributed by atoms with Gasteiger partial charge in [0.15, 0.2) is 0 Å². The standard InChI is InChI=1S/C8H11FS/c1-6(2)5-8-7(9)3-4-10-8/h3-4,6H,5H2,1-2H3. The first-order chi connectivity index (χ1) is 4.70. The molecule has 1 aromatic rings. The summed E-state index contributed by atoms with van der Waals surface area (Å²) in [5, 5.41) is 1.80. The van der Waals surface area contributed by atoms with E-state index in [9.17, 15) is 4.39 Å². The van der Waals surface area contributed by atoms with Crippen LogP contribution in [0.25, 0.3) is 0 Å². The molecule has 0 bridgehead atoms. The molecular formula is C8H11FS. The van der Waals surface area contributed by atoms with E-state index in [-0.39, 0.29) is 5.82 Å². The quantitative estimate of drug-likeness (QED) is 0.620. The molecule has 0 N–H and O–H groups in total. The van der Waals surface area contributed by atoms with Crippen LogP contribution in [0.15, 0.2) is 11.4 Å². The molecule has 0 fully saturated rings. The number of hydrogen-bond acceptors (Lipinski definition) is 1. The molecule has 56 valence electrons. The van der Waals surface area contributed by atoms with Crippen molar-refractivity contribution in [2.24, 2.45) is 5.92 Å². The van der Waals surface area contributed by atoms with E-state index >= 15 is 0 Å². The lowest BCUT2D eigenvalue weighted by atomic mass is 10.1. The molecule has 0 aliphatic heterocycles. The van der Waals surface area contributed by atoms with Gasteiger partial charge in [0, 0.05) is 4.88 Å². The number of halogens is 1. The zero-order chi connectivity index (χ0) is 7.56. The zero-order valence-electron chi connectivity index (χ0n) is 6.23. The van der Waals surface area contributed by atoms with Gasteiger partial charge in [0.05, 0.1) is 0 Å². The molecule has 0 saturated heterocycles. The molecule has 1 heterocycles. The highest BCUT2D eigenvalue weighted by Crippen LogP contribution is 2.18. The van der Waals surface area contributed by atoms with E-state index in [0.717, 1.165) is 11.3 Å². The van der Waals surface area contributed by atoms with Crippen LogP contribution in [0.5, 0.6) is 0 Å². The third-order valence-corrected chi connectivity index (χ3v) is 2.20. The average Bonchev–Trinajstić information content (AvgIpc) is 2.15. The molecule has 10 heavy (non-hydrogen) atoms. The lowest BCUT2D eigenvalue weighted by Crippen LogP contribution is -1.92. The lowest BCUT2D eigenvalue weighted by Gasteiger charge is -1.99. The Kier molecular flexibility index (Phi) is 2.44. The maximum Gasteiger partial charge on any atom is 0.137 e. The molecule has 0 unspecified atom stereocenters. The van der Waals surface area contributed by atoms with Gasteiger partial charge in [-0.05, 0) is 23.8 Å². The van der Waals surface area contributed by atoms with Crippen LogP contribution in [0, 0.1) is 11.7 Å². The Morgan fingerprint density at radius 2 is 2.30 bits per heavy atom. The molecule has 0 aliphatic rings. The summed E-state index contributed by atoms with van der Waals surface area (Å²) in [5.41, 5.74) is 0. The van der Waals surface area contributed by atoms with Crippen molar-refractivity contribution in [1.82, 2.24) is 0 Å². The van der Waals surface area contributed by atoms with Gasteiger partial charge in [-0.2, -0.15) is 0 Å². The van der Waals surface area contributed by atoms with Crippen LogP contribution in [-0.2, 0) is 6.42 Å². The van der Waals surface area contributed by atoms with Crippen molar-refractivity contribution in [1.29, 1.82) is 0 Å². The van der Waals surface area contributed by atoms with Crippen molar-refractivity contribution in [2.75, 3.05) is 0 Å². The zero-order valence-corrected chi connectivity index (χ0v) is 7.04. The molecule has 0 spiro atoms. The molecule has 0 nitrogen and oxygen atoms in total. The maximum atomic E-state index is 12.7. The highest BCUT2D eigenvalue weighted by Gasteiger charge is 2.04. The minimum absolute atomic E-state index is 0.0429. The summed E-state index contributed by atoms with van der Waals surface area (Å²) in [6.45, 7) is 4.19. The summed E-state index contributed by atoms with van der Waals surface area (Å²) in [4.78, 5) is 0.884. The van der Waals surface area contributed by atoms with E-state index in [4.69, 9.17) is 0 Å². The van der Waals surface area contributed by atoms with Crippen molar-refractivity contribution in [3.05, 3.63) is 22.1 Å². The summed E-state index contributed by atoms with van der Waals surface area (Å²) in [5.74, 6) is 0.506. The van der Waals surface area contributed by atoms with Gasteiger partial charge in [-0.25, -0.2) is 4.39 Å². The Balaban J connectivity index is 2.65. The van der Waals surface area contributed by atoms with Crippen LogP contribution in [0.1, 0.15) is 18.7 Å². The highest BCUT2D eigenvalue weighted by atomic mass is 32.1. The molecule has 0 atom stereocenters. The van der Waals surface area contributed by atoms with E-state index in [1.807, 2.05) is 0 Å². The summed E-state index contributed by atoms with van der Waals surface area (Å²) < 4.78 is 12.7. The summed E-state index contributed by atoms with van der Waals surface area (Å²) in [7, 11) is 0. The van der Waals surface area contributed by atoms with Gasteiger partial charge in [-0.1, -0.05) is 13.8 Å². The van der Waals surface area contributed by atoms with Crippen molar-refractivity contribution in [2.45, 2.75) is 20.3 Å². The van der Waals surface area contributed by atoms with Crippen LogP contribution in [0.4, 0.5) is 4.39 Å². The minimum Gasteiger partial charge on any atom is -0.206 e. The molecular weight excluding hydrogens is 147 g/mol. The van der Waals surface area contributed by atoms with Crippen molar-refractivity contribution in [3.8, 4) is 0 Å². The third-order valence-electron chi connectivity index (χ3n) is 1.28. The van der Waals surface area contributed by atoms with Gasteiger partial charge in [-0.15, -0.1) is 11.3 Å². The second-order valence-corrected chi connectivity index (χ2v) is 3.79. The SMILES string of the molecule is CC(C)Cc1sccc1F. The second kappa shape index (κ2) is 3.15. The molecule has 1 rings (SSSR count). The van der Waals surface area contributed by atoms with E-state index in [1.54, 1.807) is 5.38 Å². The molecule has 0 aliphatic carbocycles. The molecule has 1 aromatic heterocycles. The fraction of sp³-hybridized carbons (Fsp3) is 0.500. The smallest absolute Gasteiger partial charge is 0.137 e. The fourth-order valence-electron chi connectivity index (χ4n) is 0.842. The number of rotatable bonds is 2. The Morgan fingerprint density at radius 1 is 1.60 bits per heavy atom. The first kappa shape index (κ1) is 7.73. The van der Waals surface area contributed by atoms with Gasteiger partial charge in [0.25, 0.3) is 0 Å². The number of thiophene rings is 1. The first-order valence-electron chi connectivity index (χ1n) is 3.42. The lowest BCUT2D eigenvalue weighted by molar-refractivity contribution is 0.585. The molecule has 2 heteroatoms. The maximum absolute atomic E-state index is 12.7. The topological polar surface area (TPSA) is 0 Å². The number of hydrogen-bond donors (Lipinski definition) is 0. The van der Waals surface area contributed by atoms with Crippen molar-refractivity contribution in [3.63, 3.8) is 0 Å². The Hall–Kier alpha value is -0.370. The van der Waals surface area contributed by atoms with Crippen LogP contribution < -0.4 is 0 Å². The van der Waals surface area contributed by atoms with E-state index in [2.05, 4.69) is 13.8 Å². The van der Waals surface area contributed by atoms with Gasteiger partial charge in [-0.3, -0.25) is 0 Å². The molecule has 0 saturated carbocycles. The Bertz CT molecular complexity index is 203. The molecule has 0 amide bonds. The third kappa shape index (κ3) is 1.81.